The van der Waals surface area contributed by atoms with E-state index in [1.54, 1.807) is 12.1 Å². The van der Waals surface area contributed by atoms with Crippen LogP contribution in [-0.4, -0.2) is 22.5 Å². The quantitative estimate of drug-likeness (QED) is 0.506. The van der Waals surface area contributed by atoms with Gasteiger partial charge in [0.05, 0.1) is 23.3 Å². The maximum absolute atomic E-state index is 11.8. The molecule has 0 radical (unpaired) electrons. The van der Waals surface area contributed by atoms with Gasteiger partial charge in [0.25, 0.3) is 5.91 Å². The molecule has 0 aliphatic carbocycles. The number of aromatic nitrogens is 2. The number of benzene rings is 2. The summed E-state index contributed by atoms with van der Waals surface area (Å²) in [4.78, 5) is 21.4. The number of rotatable bonds is 5. The Morgan fingerprint density at radius 1 is 1.13 bits per heavy atom. The molecule has 156 valence electrons. The van der Waals surface area contributed by atoms with E-state index in [2.05, 4.69) is 17.4 Å². The fourth-order valence-corrected chi connectivity index (χ4v) is 3.98. The summed E-state index contributed by atoms with van der Waals surface area (Å²) in [6, 6.07) is 15.5. The van der Waals surface area contributed by atoms with Gasteiger partial charge in [0, 0.05) is 11.9 Å². The highest BCUT2D eigenvalue weighted by atomic mass is 16.5. The number of nitrogens with zero attached hydrogens (tertiary/aromatic N) is 2. The number of aryl methyl sites for hydroxylation is 1. The second-order valence-electron chi connectivity index (χ2n) is 7.55. The molecular weight excluding hydrogens is 392 g/mol. The van der Waals surface area contributed by atoms with Crippen LogP contribution in [0.1, 0.15) is 33.7 Å². The third-order valence-corrected chi connectivity index (χ3v) is 5.46. The molecule has 7 heteroatoms. The highest BCUT2D eigenvalue weighted by Gasteiger charge is 2.24. The standard InChI is InChI=1S/C24H22N4O3/c1-14-19(16-9-5-10-17(21(25)29)20(16)31-14)23-27-22(18-11-6-12-30-24(18)28-23)26-13-15-7-3-2-4-8-15/h2-5,7-10H,6,11-13H2,1H3,(H2,25,29)(H,26,27,28). The molecule has 0 saturated carbocycles. The van der Waals surface area contributed by atoms with Crippen molar-refractivity contribution in [1.82, 2.24) is 9.97 Å². The van der Waals surface area contributed by atoms with Gasteiger partial charge in [-0.2, -0.15) is 4.98 Å². The van der Waals surface area contributed by atoms with Crippen molar-refractivity contribution < 1.29 is 13.9 Å². The first-order valence-corrected chi connectivity index (χ1v) is 10.3. The smallest absolute Gasteiger partial charge is 0.252 e. The van der Waals surface area contributed by atoms with Gasteiger partial charge in [0.1, 0.15) is 17.2 Å². The predicted molar refractivity (Wildman–Crippen MR) is 118 cm³/mol. The van der Waals surface area contributed by atoms with Gasteiger partial charge in [0.2, 0.25) is 5.88 Å². The first-order chi connectivity index (χ1) is 15.1. The SMILES string of the molecule is Cc1oc2c(C(N)=O)cccc2c1-c1nc(NCc2ccccc2)c2c(n1)OCCC2. The second kappa shape index (κ2) is 7.75. The minimum Gasteiger partial charge on any atom is -0.477 e. The van der Waals surface area contributed by atoms with Crippen LogP contribution in [0.25, 0.3) is 22.4 Å². The molecule has 4 aromatic rings. The minimum atomic E-state index is -0.536. The third kappa shape index (κ3) is 3.48. The van der Waals surface area contributed by atoms with Crippen molar-refractivity contribution in [3.05, 3.63) is 71.0 Å². The number of hydrogen-bond donors (Lipinski definition) is 2. The molecule has 0 fully saturated rings. The molecule has 1 aliphatic heterocycles. The van der Waals surface area contributed by atoms with Gasteiger partial charge in [-0.05, 0) is 31.4 Å². The average Bonchev–Trinajstić information content (AvgIpc) is 3.13. The number of amides is 1. The highest BCUT2D eigenvalue weighted by Crippen LogP contribution is 2.38. The van der Waals surface area contributed by atoms with Crippen LogP contribution in [0.15, 0.2) is 52.9 Å². The van der Waals surface area contributed by atoms with Crippen molar-refractivity contribution in [3.63, 3.8) is 0 Å². The number of nitrogens with two attached hydrogens (primary N) is 1. The fraction of sp³-hybridized carbons (Fsp3) is 0.208. The zero-order valence-corrected chi connectivity index (χ0v) is 17.1. The van der Waals surface area contributed by atoms with Crippen molar-refractivity contribution >= 4 is 22.7 Å². The summed E-state index contributed by atoms with van der Waals surface area (Å²) >= 11 is 0. The lowest BCUT2D eigenvalue weighted by molar-refractivity contribution is 0.100. The Bertz CT molecular complexity index is 1280. The van der Waals surface area contributed by atoms with Crippen LogP contribution in [0.2, 0.25) is 0 Å². The number of primary amides is 1. The molecule has 0 saturated heterocycles. The van der Waals surface area contributed by atoms with Crippen molar-refractivity contribution in [3.8, 4) is 17.3 Å². The molecule has 0 bridgehead atoms. The van der Waals surface area contributed by atoms with E-state index >= 15 is 0 Å². The lowest BCUT2D eigenvalue weighted by Crippen LogP contribution is -2.15. The van der Waals surface area contributed by atoms with Crippen molar-refractivity contribution in [1.29, 1.82) is 0 Å². The van der Waals surface area contributed by atoms with Gasteiger partial charge < -0.3 is 20.2 Å². The zero-order chi connectivity index (χ0) is 21.4. The van der Waals surface area contributed by atoms with Crippen LogP contribution < -0.4 is 15.8 Å². The van der Waals surface area contributed by atoms with Crippen LogP contribution in [0, 0.1) is 6.92 Å². The van der Waals surface area contributed by atoms with Crippen molar-refractivity contribution in [2.24, 2.45) is 5.73 Å². The molecule has 31 heavy (non-hydrogen) atoms. The topological polar surface area (TPSA) is 103 Å². The molecule has 0 spiro atoms. The predicted octanol–water partition coefficient (Wildman–Crippen LogP) is 4.23. The third-order valence-electron chi connectivity index (χ3n) is 5.46. The number of para-hydroxylation sites is 1. The molecule has 2 aromatic carbocycles. The maximum atomic E-state index is 11.8. The van der Waals surface area contributed by atoms with Gasteiger partial charge >= 0.3 is 0 Å². The lowest BCUT2D eigenvalue weighted by atomic mass is 10.1. The molecular formula is C24H22N4O3. The van der Waals surface area contributed by atoms with Crippen LogP contribution in [0.5, 0.6) is 5.88 Å². The van der Waals surface area contributed by atoms with Crippen LogP contribution in [-0.2, 0) is 13.0 Å². The van der Waals surface area contributed by atoms with E-state index < -0.39 is 5.91 Å². The normalized spacial score (nSPS) is 12.9. The monoisotopic (exact) mass is 414 g/mol. The van der Waals surface area contributed by atoms with E-state index in [1.807, 2.05) is 31.2 Å². The Kier molecular flexibility index (Phi) is 4.78. The van der Waals surface area contributed by atoms with E-state index in [0.717, 1.165) is 40.7 Å². The number of ether oxygens (including phenoxy) is 1. The Hall–Kier alpha value is -3.87. The summed E-state index contributed by atoms with van der Waals surface area (Å²) in [5.41, 5.74) is 9.18. The number of fused-ring (bicyclic) bond motifs is 2. The number of nitrogens with one attached hydrogen (secondary N) is 1. The zero-order valence-electron chi connectivity index (χ0n) is 17.1. The Morgan fingerprint density at radius 3 is 2.77 bits per heavy atom. The van der Waals surface area contributed by atoms with Crippen molar-refractivity contribution in [2.45, 2.75) is 26.3 Å². The number of anilines is 1. The summed E-state index contributed by atoms with van der Waals surface area (Å²) in [7, 11) is 0. The van der Waals surface area contributed by atoms with E-state index in [0.29, 0.717) is 41.8 Å². The van der Waals surface area contributed by atoms with Gasteiger partial charge in [-0.1, -0.05) is 42.5 Å². The summed E-state index contributed by atoms with van der Waals surface area (Å²) in [5, 5.41) is 4.20. The summed E-state index contributed by atoms with van der Waals surface area (Å²) < 4.78 is 11.8. The number of furan rings is 1. The number of carbonyl (C=O) groups is 1. The van der Waals surface area contributed by atoms with Crippen molar-refractivity contribution in [2.75, 3.05) is 11.9 Å². The van der Waals surface area contributed by atoms with Crippen LogP contribution >= 0.6 is 0 Å². The molecule has 5 rings (SSSR count). The van der Waals surface area contributed by atoms with Crippen LogP contribution in [0.4, 0.5) is 5.82 Å². The first-order valence-electron chi connectivity index (χ1n) is 10.3. The van der Waals surface area contributed by atoms with Gasteiger partial charge in [0.15, 0.2) is 5.82 Å². The Labute approximate surface area is 179 Å². The Morgan fingerprint density at radius 2 is 1.97 bits per heavy atom. The second-order valence-corrected chi connectivity index (χ2v) is 7.55. The average molecular weight is 414 g/mol. The summed E-state index contributed by atoms with van der Waals surface area (Å²) in [6.07, 6.45) is 1.77. The minimum absolute atomic E-state index is 0.337. The number of hydrogen-bond acceptors (Lipinski definition) is 6. The molecule has 0 atom stereocenters. The largest absolute Gasteiger partial charge is 0.477 e. The van der Waals surface area contributed by atoms with E-state index in [4.69, 9.17) is 24.9 Å². The van der Waals surface area contributed by atoms with Gasteiger partial charge in [-0.15, -0.1) is 0 Å². The Balaban J connectivity index is 1.62. The van der Waals surface area contributed by atoms with E-state index in [9.17, 15) is 4.79 Å². The first kappa shape index (κ1) is 19.1. The molecule has 1 aliphatic rings. The van der Waals surface area contributed by atoms with E-state index in [1.165, 1.54) is 0 Å². The fourth-order valence-electron chi connectivity index (χ4n) is 3.98. The summed E-state index contributed by atoms with van der Waals surface area (Å²) in [6.45, 7) is 3.10. The maximum Gasteiger partial charge on any atom is 0.252 e. The van der Waals surface area contributed by atoms with Crippen LogP contribution in [0.3, 0.4) is 0 Å². The number of carbonyl (C=O) groups excluding carboxylic acids is 1. The molecule has 3 heterocycles. The lowest BCUT2D eigenvalue weighted by Gasteiger charge is -2.20. The van der Waals surface area contributed by atoms with Gasteiger partial charge in [-0.25, -0.2) is 4.98 Å². The molecule has 0 unspecified atom stereocenters. The molecule has 3 N–H and O–H groups in total. The molecule has 7 nitrogen and oxygen atoms in total. The molecule has 1 amide bonds. The molecule has 2 aromatic heterocycles. The van der Waals surface area contributed by atoms with Gasteiger partial charge in [-0.3, -0.25) is 4.79 Å². The summed E-state index contributed by atoms with van der Waals surface area (Å²) in [5.74, 6) is 1.92. The van der Waals surface area contributed by atoms with E-state index in [-0.39, 0.29) is 0 Å². The highest BCUT2D eigenvalue weighted by molar-refractivity contribution is 6.07.